The van der Waals surface area contributed by atoms with E-state index in [4.69, 9.17) is 16.3 Å². The Morgan fingerprint density at radius 2 is 2.29 bits per heavy atom. The van der Waals surface area contributed by atoms with E-state index < -0.39 is 0 Å². The van der Waals surface area contributed by atoms with Crippen LogP contribution in [0.5, 0.6) is 0 Å². The molecule has 0 bridgehead atoms. The summed E-state index contributed by atoms with van der Waals surface area (Å²) >= 11 is 8.02. The predicted molar refractivity (Wildman–Crippen MR) is 98.8 cm³/mol. The molecule has 128 valence electrons. The summed E-state index contributed by atoms with van der Waals surface area (Å²) in [6.45, 7) is 5.11. The minimum Gasteiger partial charge on any atom is -0.369 e. The molecular weight excluding hydrogens is 340 g/mol. The van der Waals surface area contributed by atoms with E-state index in [1.807, 2.05) is 6.20 Å². The lowest BCUT2D eigenvalue weighted by Crippen LogP contribution is -2.38. The largest absolute Gasteiger partial charge is 0.369 e. The van der Waals surface area contributed by atoms with Gasteiger partial charge in [0.1, 0.15) is 5.60 Å². The van der Waals surface area contributed by atoms with Crippen LogP contribution in [0.15, 0.2) is 24.4 Å². The Balaban J connectivity index is 1.65. The Bertz CT molecular complexity index is 747. The number of nitrogens with one attached hydrogen (secondary N) is 1. The van der Waals surface area contributed by atoms with Crippen LogP contribution in [0.25, 0.3) is 0 Å². The third-order valence-electron chi connectivity index (χ3n) is 5.22. The zero-order chi connectivity index (χ0) is 16.7. The second-order valence-electron chi connectivity index (χ2n) is 7.09. The van der Waals surface area contributed by atoms with Gasteiger partial charge in [0.15, 0.2) is 0 Å². The molecular formula is C19H23ClN2OS. The fourth-order valence-electron chi connectivity index (χ4n) is 4.23. The molecule has 3 nitrogen and oxygen atoms in total. The van der Waals surface area contributed by atoms with Crippen molar-refractivity contribution in [3.05, 3.63) is 50.4 Å². The first-order valence-corrected chi connectivity index (χ1v) is 9.86. The number of hydrogen-bond acceptors (Lipinski definition) is 4. The number of nitrogens with zero attached hydrogens (tertiary/aromatic N) is 1. The van der Waals surface area contributed by atoms with Gasteiger partial charge in [0.2, 0.25) is 0 Å². The average Bonchev–Trinajstić information content (AvgIpc) is 2.85. The lowest BCUT2D eigenvalue weighted by molar-refractivity contribution is -0.0704. The summed E-state index contributed by atoms with van der Waals surface area (Å²) in [6.07, 6.45) is 5.97. The highest BCUT2D eigenvalue weighted by Gasteiger charge is 2.43. The molecule has 2 aliphatic rings. The van der Waals surface area contributed by atoms with Gasteiger partial charge >= 0.3 is 0 Å². The van der Waals surface area contributed by atoms with Crippen LogP contribution < -0.4 is 5.32 Å². The van der Waals surface area contributed by atoms with E-state index in [2.05, 4.69) is 42.3 Å². The van der Waals surface area contributed by atoms with Gasteiger partial charge in [-0.1, -0.05) is 11.6 Å². The van der Waals surface area contributed by atoms with Crippen molar-refractivity contribution in [1.82, 2.24) is 10.3 Å². The minimum atomic E-state index is -0.172. The Kier molecular flexibility index (Phi) is 4.42. The molecule has 0 saturated carbocycles. The first kappa shape index (κ1) is 16.5. The molecule has 0 unspecified atom stereocenters. The summed E-state index contributed by atoms with van der Waals surface area (Å²) in [4.78, 5) is 5.69. The molecule has 4 heterocycles. The standard InChI is InChI=1S/C19H23ClN2OS/c1-12-9-14(4-7-21-12)16-3-6-19(11-13(2)22-16)18-15(5-8-23-19)10-17(20)24-18/h4,7,9-10,13,16,22H,3,5-6,8,11H2,1-2H3/t13-,16-,19+/m0/s1. The molecule has 1 spiro atoms. The maximum absolute atomic E-state index is 6.40. The maximum Gasteiger partial charge on any atom is 0.104 e. The van der Waals surface area contributed by atoms with Crippen LogP contribution in [0, 0.1) is 6.92 Å². The Morgan fingerprint density at radius 3 is 3.12 bits per heavy atom. The summed E-state index contributed by atoms with van der Waals surface area (Å²) in [7, 11) is 0. The van der Waals surface area contributed by atoms with Gasteiger partial charge in [-0.25, -0.2) is 0 Å². The van der Waals surface area contributed by atoms with Crippen LogP contribution in [0.3, 0.4) is 0 Å². The van der Waals surface area contributed by atoms with Gasteiger partial charge in [-0.15, -0.1) is 11.3 Å². The van der Waals surface area contributed by atoms with Gasteiger partial charge in [-0.3, -0.25) is 4.98 Å². The van der Waals surface area contributed by atoms with E-state index in [1.165, 1.54) is 16.0 Å². The van der Waals surface area contributed by atoms with Gasteiger partial charge in [-0.2, -0.15) is 0 Å². The molecule has 2 aliphatic heterocycles. The molecule has 1 fully saturated rings. The Hall–Kier alpha value is -0.940. The molecule has 5 heteroatoms. The highest BCUT2D eigenvalue weighted by molar-refractivity contribution is 7.16. The summed E-state index contributed by atoms with van der Waals surface area (Å²) < 4.78 is 7.29. The van der Waals surface area contributed by atoms with Crippen molar-refractivity contribution in [2.24, 2.45) is 0 Å². The number of aromatic nitrogens is 1. The van der Waals surface area contributed by atoms with E-state index in [0.29, 0.717) is 12.1 Å². The number of fused-ring (bicyclic) bond motifs is 2. The molecule has 0 aliphatic carbocycles. The van der Waals surface area contributed by atoms with Crippen LogP contribution in [0.2, 0.25) is 4.34 Å². The van der Waals surface area contributed by atoms with Crippen molar-refractivity contribution in [2.75, 3.05) is 6.61 Å². The first-order chi connectivity index (χ1) is 11.6. The molecule has 24 heavy (non-hydrogen) atoms. The van der Waals surface area contributed by atoms with E-state index >= 15 is 0 Å². The number of hydrogen-bond donors (Lipinski definition) is 1. The van der Waals surface area contributed by atoms with Crippen molar-refractivity contribution >= 4 is 22.9 Å². The van der Waals surface area contributed by atoms with E-state index in [9.17, 15) is 0 Å². The van der Waals surface area contributed by atoms with Crippen molar-refractivity contribution in [3.63, 3.8) is 0 Å². The van der Waals surface area contributed by atoms with Crippen molar-refractivity contribution in [1.29, 1.82) is 0 Å². The van der Waals surface area contributed by atoms with Gasteiger partial charge in [-0.05, 0) is 68.9 Å². The molecule has 0 radical (unpaired) electrons. The van der Waals surface area contributed by atoms with Gasteiger partial charge < -0.3 is 10.1 Å². The highest BCUT2D eigenvalue weighted by Crippen LogP contribution is 2.48. The van der Waals surface area contributed by atoms with E-state index in [0.717, 1.165) is 42.3 Å². The third-order valence-corrected chi connectivity index (χ3v) is 6.72. The smallest absolute Gasteiger partial charge is 0.104 e. The Labute approximate surface area is 152 Å². The zero-order valence-corrected chi connectivity index (χ0v) is 15.7. The van der Waals surface area contributed by atoms with Crippen LogP contribution in [-0.4, -0.2) is 17.6 Å². The van der Waals surface area contributed by atoms with Crippen molar-refractivity contribution in [3.8, 4) is 0 Å². The lowest BCUT2D eigenvalue weighted by atomic mass is 9.85. The summed E-state index contributed by atoms with van der Waals surface area (Å²) in [6, 6.07) is 7.20. The number of aryl methyl sites for hydroxylation is 1. The highest BCUT2D eigenvalue weighted by atomic mass is 35.5. The van der Waals surface area contributed by atoms with Crippen LogP contribution in [0.1, 0.15) is 53.9 Å². The number of pyridine rings is 1. The summed E-state index contributed by atoms with van der Waals surface area (Å²) in [5, 5.41) is 3.80. The monoisotopic (exact) mass is 362 g/mol. The molecule has 0 amide bonds. The summed E-state index contributed by atoms with van der Waals surface area (Å²) in [5.41, 5.74) is 3.62. The van der Waals surface area contributed by atoms with Gasteiger partial charge in [0.05, 0.1) is 10.9 Å². The zero-order valence-electron chi connectivity index (χ0n) is 14.1. The molecule has 2 aromatic rings. The number of thiophene rings is 1. The molecule has 1 N–H and O–H groups in total. The van der Waals surface area contributed by atoms with E-state index in [1.54, 1.807) is 11.3 Å². The predicted octanol–water partition coefficient (Wildman–Crippen LogP) is 4.78. The molecule has 2 aromatic heterocycles. The van der Waals surface area contributed by atoms with Crippen molar-refractivity contribution < 1.29 is 4.74 Å². The molecule has 3 atom stereocenters. The topological polar surface area (TPSA) is 34.1 Å². The second kappa shape index (κ2) is 6.41. The molecule has 4 rings (SSSR count). The number of ether oxygens (including phenoxy) is 1. The first-order valence-electron chi connectivity index (χ1n) is 8.67. The molecule has 0 aromatic carbocycles. The fraction of sp³-hybridized carbons (Fsp3) is 0.526. The van der Waals surface area contributed by atoms with Crippen LogP contribution in [0.4, 0.5) is 0 Å². The number of halogens is 1. The quantitative estimate of drug-likeness (QED) is 0.792. The fourth-order valence-corrected chi connectivity index (χ4v) is 5.71. The molecule has 1 saturated heterocycles. The lowest BCUT2D eigenvalue weighted by Gasteiger charge is -2.37. The summed E-state index contributed by atoms with van der Waals surface area (Å²) in [5.74, 6) is 0. The third kappa shape index (κ3) is 3.01. The van der Waals surface area contributed by atoms with Crippen molar-refractivity contribution in [2.45, 2.75) is 57.2 Å². The van der Waals surface area contributed by atoms with Crippen LogP contribution >= 0.6 is 22.9 Å². The van der Waals surface area contributed by atoms with Crippen LogP contribution in [-0.2, 0) is 16.8 Å². The maximum atomic E-state index is 6.40. The van der Waals surface area contributed by atoms with Gasteiger partial charge in [0.25, 0.3) is 0 Å². The second-order valence-corrected chi connectivity index (χ2v) is 8.77. The van der Waals surface area contributed by atoms with E-state index in [-0.39, 0.29) is 5.60 Å². The van der Waals surface area contributed by atoms with Gasteiger partial charge in [0, 0.05) is 28.9 Å². The average molecular weight is 363 g/mol. The number of rotatable bonds is 1. The SMILES string of the molecule is Cc1cc([C@@H]2CC[C@]3(C[C@H](C)N2)OCCc2cc(Cl)sc23)ccn1. The Morgan fingerprint density at radius 1 is 1.42 bits per heavy atom. The normalized spacial score (nSPS) is 30.1. The minimum absolute atomic E-state index is 0.172.